The molecule has 0 radical (unpaired) electrons. The molecule has 1 atom stereocenters. The third kappa shape index (κ3) is 3.21. The van der Waals surface area contributed by atoms with E-state index in [-0.39, 0.29) is 11.9 Å². The summed E-state index contributed by atoms with van der Waals surface area (Å²) < 4.78 is 6.04. The van der Waals surface area contributed by atoms with E-state index in [4.69, 9.17) is 16.3 Å². The third-order valence-electron chi connectivity index (χ3n) is 2.69. The van der Waals surface area contributed by atoms with Crippen LogP contribution in [-0.2, 0) is 4.74 Å². The summed E-state index contributed by atoms with van der Waals surface area (Å²) >= 11 is 9.37. The maximum atomic E-state index is 12.0. The van der Waals surface area contributed by atoms with Crippen molar-refractivity contribution < 1.29 is 9.53 Å². The molecular formula is C12H13BrClNO2. The minimum absolute atomic E-state index is 0.0892. The van der Waals surface area contributed by atoms with Gasteiger partial charge in [-0.2, -0.15) is 0 Å². The number of benzene rings is 1. The number of rotatable bonds is 2. The van der Waals surface area contributed by atoms with Crippen molar-refractivity contribution in [3.05, 3.63) is 33.3 Å². The van der Waals surface area contributed by atoms with Gasteiger partial charge in [0.05, 0.1) is 23.2 Å². The highest BCUT2D eigenvalue weighted by Crippen LogP contribution is 2.26. The van der Waals surface area contributed by atoms with Crippen molar-refractivity contribution in [3.63, 3.8) is 0 Å². The first kappa shape index (κ1) is 12.9. The van der Waals surface area contributed by atoms with Crippen LogP contribution in [0.4, 0.5) is 0 Å². The zero-order valence-corrected chi connectivity index (χ0v) is 11.6. The average Bonchev–Trinajstić information content (AvgIpc) is 2.34. The van der Waals surface area contributed by atoms with Crippen LogP contribution in [-0.4, -0.2) is 25.2 Å². The van der Waals surface area contributed by atoms with Crippen LogP contribution in [0.15, 0.2) is 22.7 Å². The molecule has 1 aliphatic heterocycles. The minimum atomic E-state index is -0.146. The van der Waals surface area contributed by atoms with E-state index < -0.39 is 0 Å². The number of carbonyl (C=O) groups excluding carboxylic acids is 1. The highest BCUT2D eigenvalue weighted by atomic mass is 79.9. The lowest BCUT2D eigenvalue weighted by atomic mass is 10.1. The number of nitrogens with one attached hydrogen (secondary N) is 1. The second-order valence-electron chi connectivity index (χ2n) is 3.99. The lowest BCUT2D eigenvalue weighted by molar-refractivity contribution is 0.0624. The van der Waals surface area contributed by atoms with E-state index in [9.17, 15) is 4.79 Å². The lowest BCUT2D eigenvalue weighted by Crippen LogP contribution is -2.40. The Morgan fingerprint density at radius 3 is 3.06 bits per heavy atom. The Morgan fingerprint density at radius 1 is 1.53 bits per heavy atom. The van der Waals surface area contributed by atoms with Gasteiger partial charge < -0.3 is 10.1 Å². The Hall–Kier alpha value is -0.580. The molecule has 0 aliphatic carbocycles. The van der Waals surface area contributed by atoms with Crippen LogP contribution in [0.25, 0.3) is 0 Å². The fraction of sp³-hybridized carbons (Fsp3) is 0.417. The zero-order chi connectivity index (χ0) is 12.3. The van der Waals surface area contributed by atoms with Crippen LogP contribution in [0.3, 0.4) is 0 Å². The normalized spacial score (nSPS) is 20.0. The van der Waals surface area contributed by atoms with Crippen LogP contribution in [0.5, 0.6) is 0 Å². The number of halogens is 2. The standard InChI is InChI=1S/C12H13BrClNO2/c13-10-5-1-4-9(11(10)14)12(16)15-8-3-2-6-17-7-8/h1,4-5,8H,2-3,6-7H2,(H,15,16). The van der Waals surface area contributed by atoms with E-state index in [2.05, 4.69) is 21.2 Å². The molecule has 17 heavy (non-hydrogen) atoms. The number of ether oxygens (including phenoxy) is 1. The first-order valence-corrected chi connectivity index (χ1v) is 6.68. The summed E-state index contributed by atoms with van der Waals surface area (Å²) in [6.07, 6.45) is 1.94. The SMILES string of the molecule is O=C(NC1CCCOC1)c1cccc(Br)c1Cl. The molecule has 0 bridgehead atoms. The van der Waals surface area contributed by atoms with Gasteiger partial charge in [0.25, 0.3) is 5.91 Å². The van der Waals surface area contributed by atoms with Gasteiger partial charge in [0.1, 0.15) is 0 Å². The molecule has 1 N–H and O–H groups in total. The Balaban J connectivity index is 2.06. The van der Waals surface area contributed by atoms with Gasteiger partial charge in [0, 0.05) is 11.1 Å². The predicted octanol–water partition coefficient (Wildman–Crippen LogP) is 3.01. The van der Waals surface area contributed by atoms with Gasteiger partial charge in [-0.25, -0.2) is 0 Å². The number of hydrogen-bond acceptors (Lipinski definition) is 2. The van der Waals surface area contributed by atoms with E-state index in [0.29, 0.717) is 17.2 Å². The average molecular weight is 319 g/mol. The summed E-state index contributed by atoms with van der Waals surface area (Å²) in [5.41, 5.74) is 0.492. The van der Waals surface area contributed by atoms with Gasteiger partial charge in [-0.1, -0.05) is 17.7 Å². The molecular weight excluding hydrogens is 305 g/mol. The number of amides is 1. The van der Waals surface area contributed by atoms with Crippen LogP contribution >= 0.6 is 27.5 Å². The molecule has 0 aromatic heterocycles. The minimum Gasteiger partial charge on any atom is -0.379 e. The van der Waals surface area contributed by atoms with Crippen molar-refractivity contribution in [3.8, 4) is 0 Å². The summed E-state index contributed by atoms with van der Waals surface area (Å²) in [5, 5.41) is 3.38. The quantitative estimate of drug-likeness (QED) is 0.910. The summed E-state index contributed by atoms with van der Waals surface area (Å²) in [6.45, 7) is 1.36. The van der Waals surface area contributed by atoms with E-state index >= 15 is 0 Å². The number of carbonyl (C=O) groups is 1. The van der Waals surface area contributed by atoms with Crippen LogP contribution in [0, 0.1) is 0 Å². The summed E-state index contributed by atoms with van der Waals surface area (Å²) in [5.74, 6) is -0.146. The van der Waals surface area contributed by atoms with Crippen molar-refractivity contribution in [1.29, 1.82) is 0 Å². The second kappa shape index (κ2) is 5.85. The smallest absolute Gasteiger partial charge is 0.253 e. The molecule has 3 nitrogen and oxygen atoms in total. The van der Waals surface area contributed by atoms with Gasteiger partial charge in [-0.3, -0.25) is 4.79 Å². The van der Waals surface area contributed by atoms with Gasteiger partial charge in [0.15, 0.2) is 0 Å². The molecule has 2 rings (SSSR count). The van der Waals surface area contributed by atoms with E-state index in [0.717, 1.165) is 23.9 Å². The molecule has 0 saturated carbocycles. The van der Waals surface area contributed by atoms with Crippen LogP contribution in [0.2, 0.25) is 5.02 Å². The fourth-order valence-corrected chi connectivity index (χ4v) is 2.37. The third-order valence-corrected chi connectivity index (χ3v) is 3.99. The second-order valence-corrected chi connectivity index (χ2v) is 5.22. The predicted molar refractivity (Wildman–Crippen MR) is 70.5 cm³/mol. The van der Waals surface area contributed by atoms with E-state index in [1.807, 2.05) is 6.07 Å². The first-order chi connectivity index (χ1) is 8.18. The van der Waals surface area contributed by atoms with Crippen molar-refractivity contribution in [2.24, 2.45) is 0 Å². The molecule has 1 aromatic carbocycles. The van der Waals surface area contributed by atoms with Crippen molar-refractivity contribution >= 4 is 33.4 Å². The fourth-order valence-electron chi connectivity index (χ4n) is 1.80. The van der Waals surface area contributed by atoms with E-state index in [1.165, 1.54) is 0 Å². The molecule has 0 spiro atoms. The molecule has 1 heterocycles. The molecule has 1 fully saturated rings. The van der Waals surface area contributed by atoms with Gasteiger partial charge >= 0.3 is 0 Å². The molecule has 1 unspecified atom stereocenters. The summed E-state index contributed by atoms with van der Waals surface area (Å²) in [6, 6.07) is 5.41. The van der Waals surface area contributed by atoms with Gasteiger partial charge in [0.2, 0.25) is 0 Å². The largest absolute Gasteiger partial charge is 0.379 e. The van der Waals surface area contributed by atoms with Crippen molar-refractivity contribution in [2.45, 2.75) is 18.9 Å². The maximum Gasteiger partial charge on any atom is 0.253 e. The first-order valence-electron chi connectivity index (χ1n) is 5.51. The Kier molecular flexibility index (Phi) is 4.42. The highest BCUT2D eigenvalue weighted by molar-refractivity contribution is 9.10. The Labute approximate surface area is 114 Å². The molecule has 5 heteroatoms. The van der Waals surface area contributed by atoms with Crippen LogP contribution in [0.1, 0.15) is 23.2 Å². The molecule has 92 valence electrons. The molecule has 1 aliphatic rings. The number of hydrogen-bond donors (Lipinski definition) is 1. The van der Waals surface area contributed by atoms with E-state index in [1.54, 1.807) is 12.1 Å². The maximum absolute atomic E-state index is 12.0. The summed E-state index contributed by atoms with van der Waals surface area (Å²) in [4.78, 5) is 12.0. The van der Waals surface area contributed by atoms with Gasteiger partial charge in [-0.15, -0.1) is 0 Å². The van der Waals surface area contributed by atoms with Crippen LogP contribution < -0.4 is 5.32 Å². The Bertz CT molecular complexity index is 419. The highest BCUT2D eigenvalue weighted by Gasteiger charge is 2.19. The zero-order valence-electron chi connectivity index (χ0n) is 9.21. The Morgan fingerprint density at radius 2 is 2.35 bits per heavy atom. The molecule has 1 amide bonds. The van der Waals surface area contributed by atoms with Crippen molar-refractivity contribution in [1.82, 2.24) is 5.32 Å². The van der Waals surface area contributed by atoms with Gasteiger partial charge in [-0.05, 0) is 40.9 Å². The van der Waals surface area contributed by atoms with Crippen molar-refractivity contribution in [2.75, 3.05) is 13.2 Å². The lowest BCUT2D eigenvalue weighted by Gasteiger charge is -2.23. The topological polar surface area (TPSA) is 38.3 Å². The molecule has 1 saturated heterocycles. The monoisotopic (exact) mass is 317 g/mol. The summed E-state index contributed by atoms with van der Waals surface area (Å²) in [7, 11) is 0. The molecule has 1 aromatic rings.